The zero-order chi connectivity index (χ0) is 17.4. The zero-order valence-corrected chi connectivity index (χ0v) is 15.2. The molecule has 2 aliphatic heterocycles. The molecule has 2 heterocycles. The van der Waals surface area contributed by atoms with E-state index in [9.17, 15) is 4.79 Å². The Morgan fingerprint density at radius 3 is 2.54 bits per heavy atom. The van der Waals surface area contributed by atoms with Crippen molar-refractivity contribution >= 4 is 11.9 Å². The molecule has 2 fully saturated rings. The highest BCUT2D eigenvalue weighted by Crippen LogP contribution is 2.24. The van der Waals surface area contributed by atoms with Crippen molar-refractivity contribution in [3.8, 4) is 0 Å². The van der Waals surface area contributed by atoms with Crippen LogP contribution in [0.25, 0.3) is 0 Å². The number of methoxy groups -OCH3 is 1. The van der Waals surface area contributed by atoms with Crippen LogP contribution in [0.2, 0.25) is 0 Å². The first-order chi connectivity index (χ1) is 11.6. The normalized spacial score (nSPS) is 22.3. The molecule has 2 saturated heterocycles. The summed E-state index contributed by atoms with van der Waals surface area (Å²) < 4.78 is 16.3. The van der Waals surface area contributed by atoms with E-state index < -0.39 is 0 Å². The Labute approximate surface area is 144 Å². The number of hydrogen-bond donors (Lipinski definition) is 1. The van der Waals surface area contributed by atoms with Crippen LogP contribution in [0.3, 0.4) is 0 Å². The molecule has 0 bridgehead atoms. The van der Waals surface area contributed by atoms with Crippen LogP contribution in [0, 0.1) is 5.92 Å². The third kappa shape index (κ3) is 4.83. The molecule has 0 aromatic rings. The van der Waals surface area contributed by atoms with Crippen molar-refractivity contribution in [1.29, 1.82) is 0 Å². The van der Waals surface area contributed by atoms with Gasteiger partial charge in [0.2, 0.25) is 0 Å². The van der Waals surface area contributed by atoms with Crippen molar-refractivity contribution in [2.75, 3.05) is 53.6 Å². The Balaban J connectivity index is 1.83. The molecule has 138 valence electrons. The number of nitrogens with one attached hydrogen (secondary N) is 1. The third-order valence-corrected chi connectivity index (χ3v) is 5.03. The van der Waals surface area contributed by atoms with Gasteiger partial charge >= 0.3 is 5.97 Å². The number of likely N-dealkylation sites (tertiary alicyclic amines) is 1. The highest BCUT2D eigenvalue weighted by atomic mass is 16.5. The lowest BCUT2D eigenvalue weighted by Gasteiger charge is -2.38. The topological polar surface area (TPSA) is 72.4 Å². The molecule has 7 heteroatoms. The van der Waals surface area contributed by atoms with Gasteiger partial charge in [-0.25, -0.2) is 0 Å². The number of hydrogen-bond acceptors (Lipinski definition) is 5. The molecule has 1 N–H and O–H groups in total. The molecule has 0 atom stereocenters. The number of guanidine groups is 1. The molecule has 0 amide bonds. The smallest absolute Gasteiger partial charge is 0.309 e. The SMILES string of the molecule is CCOC(=O)C1CCN(C(=NC)NCC2(OC)CCOCC2)CC1. The molecular weight excluding hydrogens is 310 g/mol. The van der Waals surface area contributed by atoms with Crippen LogP contribution < -0.4 is 5.32 Å². The van der Waals surface area contributed by atoms with Gasteiger partial charge in [-0.15, -0.1) is 0 Å². The summed E-state index contributed by atoms with van der Waals surface area (Å²) in [7, 11) is 3.56. The van der Waals surface area contributed by atoms with E-state index in [1.807, 2.05) is 6.92 Å². The van der Waals surface area contributed by atoms with Crippen molar-refractivity contribution in [2.45, 2.75) is 38.2 Å². The number of piperidine rings is 1. The summed E-state index contributed by atoms with van der Waals surface area (Å²) in [5.74, 6) is 0.820. The lowest BCUT2D eigenvalue weighted by molar-refractivity contribution is -0.149. The molecule has 24 heavy (non-hydrogen) atoms. The van der Waals surface area contributed by atoms with Gasteiger partial charge < -0.3 is 24.4 Å². The van der Waals surface area contributed by atoms with Gasteiger partial charge in [-0.1, -0.05) is 0 Å². The second-order valence-corrected chi connectivity index (χ2v) is 6.41. The summed E-state index contributed by atoms with van der Waals surface area (Å²) in [5, 5.41) is 3.45. The van der Waals surface area contributed by atoms with Gasteiger partial charge in [0.25, 0.3) is 0 Å². The van der Waals surface area contributed by atoms with Crippen LogP contribution in [-0.4, -0.2) is 76.0 Å². The summed E-state index contributed by atoms with van der Waals surface area (Å²) >= 11 is 0. The van der Waals surface area contributed by atoms with Gasteiger partial charge in [0.15, 0.2) is 5.96 Å². The molecule has 0 radical (unpaired) electrons. The average Bonchev–Trinajstić information content (AvgIpc) is 2.63. The first-order valence-electron chi connectivity index (χ1n) is 8.89. The fourth-order valence-corrected chi connectivity index (χ4v) is 3.36. The first-order valence-corrected chi connectivity index (χ1v) is 8.89. The van der Waals surface area contributed by atoms with E-state index in [0.717, 1.165) is 64.5 Å². The quantitative estimate of drug-likeness (QED) is 0.457. The molecule has 7 nitrogen and oxygen atoms in total. The van der Waals surface area contributed by atoms with Crippen molar-refractivity contribution in [2.24, 2.45) is 10.9 Å². The Morgan fingerprint density at radius 2 is 2.00 bits per heavy atom. The van der Waals surface area contributed by atoms with Crippen LogP contribution in [0.1, 0.15) is 32.6 Å². The molecule has 0 aliphatic carbocycles. The predicted molar refractivity (Wildman–Crippen MR) is 92.1 cm³/mol. The second-order valence-electron chi connectivity index (χ2n) is 6.41. The van der Waals surface area contributed by atoms with E-state index in [2.05, 4.69) is 15.2 Å². The Morgan fingerprint density at radius 1 is 1.33 bits per heavy atom. The van der Waals surface area contributed by atoms with E-state index in [4.69, 9.17) is 14.2 Å². The number of ether oxygens (including phenoxy) is 3. The lowest BCUT2D eigenvalue weighted by atomic mass is 9.94. The molecule has 0 aromatic carbocycles. The van der Waals surface area contributed by atoms with Gasteiger partial charge in [0.1, 0.15) is 0 Å². The van der Waals surface area contributed by atoms with Gasteiger partial charge in [-0.05, 0) is 19.8 Å². The number of carbonyl (C=O) groups is 1. The van der Waals surface area contributed by atoms with Crippen LogP contribution in [-0.2, 0) is 19.0 Å². The molecule has 2 aliphatic rings. The highest BCUT2D eigenvalue weighted by molar-refractivity contribution is 5.80. The van der Waals surface area contributed by atoms with E-state index in [1.165, 1.54) is 0 Å². The van der Waals surface area contributed by atoms with Crippen LogP contribution in [0.5, 0.6) is 0 Å². The fourth-order valence-electron chi connectivity index (χ4n) is 3.36. The maximum Gasteiger partial charge on any atom is 0.309 e. The molecule has 0 unspecified atom stereocenters. The zero-order valence-electron chi connectivity index (χ0n) is 15.2. The Kier molecular flexibility index (Phi) is 7.30. The predicted octanol–water partition coefficient (Wildman–Crippen LogP) is 1.03. The van der Waals surface area contributed by atoms with E-state index in [-0.39, 0.29) is 17.5 Å². The Hall–Kier alpha value is -1.34. The molecule has 0 saturated carbocycles. The summed E-state index contributed by atoms with van der Waals surface area (Å²) in [6.45, 7) is 6.11. The first kappa shape index (κ1) is 19.0. The summed E-state index contributed by atoms with van der Waals surface area (Å²) in [6.07, 6.45) is 3.39. The number of nitrogens with zero attached hydrogens (tertiary/aromatic N) is 2. The van der Waals surface area contributed by atoms with Crippen LogP contribution in [0.4, 0.5) is 0 Å². The van der Waals surface area contributed by atoms with E-state index >= 15 is 0 Å². The minimum absolute atomic E-state index is 0.0140. The minimum Gasteiger partial charge on any atom is -0.466 e. The maximum atomic E-state index is 11.8. The van der Waals surface area contributed by atoms with Gasteiger partial charge in [0.05, 0.1) is 18.1 Å². The molecule has 2 rings (SSSR count). The van der Waals surface area contributed by atoms with Gasteiger partial charge in [-0.2, -0.15) is 0 Å². The molecule has 0 aromatic heterocycles. The fraction of sp³-hybridized carbons (Fsp3) is 0.882. The van der Waals surface area contributed by atoms with Crippen molar-refractivity contribution in [3.05, 3.63) is 0 Å². The largest absolute Gasteiger partial charge is 0.466 e. The average molecular weight is 341 g/mol. The number of carbonyl (C=O) groups excluding carboxylic acids is 1. The minimum atomic E-state index is -0.183. The monoisotopic (exact) mass is 341 g/mol. The van der Waals surface area contributed by atoms with Crippen LogP contribution in [0.15, 0.2) is 4.99 Å². The molecule has 0 spiro atoms. The molecular formula is C17H31N3O4. The highest BCUT2D eigenvalue weighted by Gasteiger charge is 2.33. The van der Waals surface area contributed by atoms with Crippen molar-refractivity contribution in [3.63, 3.8) is 0 Å². The summed E-state index contributed by atoms with van der Waals surface area (Å²) in [6, 6.07) is 0. The second kappa shape index (κ2) is 9.22. The maximum absolute atomic E-state index is 11.8. The van der Waals surface area contributed by atoms with Gasteiger partial charge in [0, 0.05) is 59.8 Å². The standard InChI is InChI=1S/C17H31N3O4/c1-4-24-15(21)14-5-9-20(10-6-14)16(18-2)19-13-17(22-3)7-11-23-12-8-17/h14H,4-13H2,1-3H3,(H,18,19). The number of aliphatic imine (C=N–C) groups is 1. The Bertz CT molecular complexity index is 428. The number of rotatable bonds is 5. The lowest BCUT2D eigenvalue weighted by Crippen LogP contribution is -2.53. The summed E-state index contributed by atoms with van der Waals surface area (Å²) in [5.41, 5.74) is -0.183. The van der Waals surface area contributed by atoms with Crippen LogP contribution >= 0.6 is 0 Å². The third-order valence-electron chi connectivity index (χ3n) is 5.03. The van der Waals surface area contributed by atoms with E-state index in [0.29, 0.717) is 6.61 Å². The van der Waals surface area contributed by atoms with E-state index in [1.54, 1.807) is 14.2 Å². The van der Waals surface area contributed by atoms with Crippen molar-refractivity contribution < 1.29 is 19.0 Å². The number of esters is 1. The summed E-state index contributed by atoms with van der Waals surface area (Å²) in [4.78, 5) is 18.4. The van der Waals surface area contributed by atoms with Gasteiger partial charge in [-0.3, -0.25) is 9.79 Å². The van der Waals surface area contributed by atoms with Crippen molar-refractivity contribution in [1.82, 2.24) is 10.2 Å².